The van der Waals surface area contributed by atoms with E-state index in [2.05, 4.69) is 30.9 Å². The van der Waals surface area contributed by atoms with Crippen LogP contribution in [-0.2, 0) is 5.41 Å². The summed E-state index contributed by atoms with van der Waals surface area (Å²) in [7, 11) is 0. The second-order valence-electron chi connectivity index (χ2n) is 5.49. The molecule has 4 nitrogen and oxygen atoms in total. The van der Waals surface area contributed by atoms with Crippen molar-refractivity contribution in [2.24, 2.45) is 0 Å². The molecule has 0 radical (unpaired) electrons. The highest BCUT2D eigenvalue weighted by atomic mass is 79.9. The quantitative estimate of drug-likeness (QED) is 0.877. The minimum atomic E-state index is -0.217. The number of aryl methyl sites for hydroxylation is 1. The Morgan fingerprint density at radius 1 is 1.21 bits per heavy atom. The van der Waals surface area contributed by atoms with E-state index < -0.39 is 0 Å². The van der Waals surface area contributed by atoms with Crippen molar-refractivity contribution >= 4 is 15.9 Å². The molecule has 2 aromatic heterocycles. The van der Waals surface area contributed by atoms with Crippen molar-refractivity contribution in [1.29, 1.82) is 0 Å². The van der Waals surface area contributed by atoms with Crippen LogP contribution in [0.1, 0.15) is 32.2 Å². The lowest BCUT2D eigenvalue weighted by atomic mass is 9.92. The zero-order valence-electron chi connectivity index (χ0n) is 11.4. The number of hydrogen-bond acceptors (Lipinski definition) is 3. The molecular formula is C14H16BrN3O. The summed E-state index contributed by atoms with van der Waals surface area (Å²) in [6, 6.07) is 5.65. The molecule has 5 heteroatoms. The van der Waals surface area contributed by atoms with Crippen molar-refractivity contribution < 1.29 is 0 Å². The number of rotatable bonds is 1. The van der Waals surface area contributed by atoms with E-state index >= 15 is 0 Å². The van der Waals surface area contributed by atoms with Crippen molar-refractivity contribution in [1.82, 2.24) is 15.0 Å². The Morgan fingerprint density at radius 3 is 2.47 bits per heavy atom. The van der Waals surface area contributed by atoms with Gasteiger partial charge in [0, 0.05) is 11.1 Å². The molecule has 0 amide bonds. The average Bonchev–Trinajstić information content (AvgIpc) is 2.31. The van der Waals surface area contributed by atoms with Crippen molar-refractivity contribution in [3.05, 3.63) is 44.4 Å². The number of aromatic amines is 1. The van der Waals surface area contributed by atoms with Crippen LogP contribution >= 0.6 is 15.9 Å². The minimum absolute atomic E-state index is 0.182. The van der Waals surface area contributed by atoms with Crippen molar-refractivity contribution in [3.8, 4) is 11.5 Å². The molecule has 0 saturated heterocycles. The van der Waals surface area contributed by atoms with Crippen LogP contribution in [0.25, 0.3) is 11.5 Å². The Morgan fingerprint density at radius 2 is 1.89 bits per heavy atom. The first kappa shape index (κ1) is 13.9. The molecule has 0 aliphatic heterocycles. The molecule has 0 unspecified atom stereocenters. The topological polar surface area (TPSA) is 58.6 Å². The van der Waals surface area contributed by atoms with E-state index in [9.17, 15) is 4.79 Å². The third kappa shape index (κ3) is 2.92. The predicted octanol–water partition coefficient (Wildman–Crippen LogP) is 3.20. The second-order valence-corrected chi connectivity index (χ2v) is 6.28. The van der Waals surface area contributed by atoms with Gasteiger partial charge in [0.25, 0.3) is 5.56 Å². The van der Waals surface area contributed by atoms with E-state index in [0.717, 1.165) is 11.4 Å². The van der Waals surface area contributed by atoms with Crippen molar-refractivity contribution in [2.45, 2.75) is 33.1 Å². The number of nitrogens with zero attached hydrogens (tertiary/aromatic N) is 2. The van der Waals surface area contributed by atoms with Crippen molar-refractivity contribution in [3.63, 3.8) is 0 Å². The van der Waals surface area contributed by atoms with E-state index in [1.807, 2.05) is 45.9 Å². The lowest BCUT2D eigenvalue weighted by Gasteiger charge is -2.19. The lowest BCUT2D eigenvalue weighted by Crippen LogP contribution is -2.22. The van der Waals surface area contributed by atoms with Gasteiger partial charge in [-0.1, -0.05) is 26.8 Å². The molecule has 1 N–H and O–H groups in total. The van der Waals surface area contributed by atoms with Gasteiger partial charge in [-0.15, -0.1) is 0 Å². The van der Waals surface area contributed by atoms with Crippen LogP contribution in [0.3, 0.4) is 0 Å². The zero-order valence-corrected chi connectivity index (χ0v) is 13.0. The molecule has 2 rings (SSSR count). The molecule has 0 saturated carbocycles. The number of halogens is 1. The normalized spacial score (nSPS) is 11.6. The largest absolute Gasteiger partial charge is 0.304 e. The van der Waals surface area contributed by atoms with Gasteiger partial charge in [-0.05, 0) is 35.0 Å². The number of nitrogens with one attached hydrogen (secondary N) is 1. The minimum Gasteiger partial charge on any atom is -0.304 e. The van der Waals surface area contributed by atoms with E-state index in [0.29, 0.717) is 16.0 Å². The molecule has 0 aliphatic rings. The first-order valence-electron chi connectivity index (χ1n) is 6.03. The summed E-state index contributed by atoms with van der Waals surface area (Å²) in [5, 5.41) is 0. The highest BCUT2D eigenvalue weighted by molar-refractivity contribution is 9.10. The molecule has 0 bridgehead atoms. The van der Waals surface area contributed by atoms with E-state index in [1.165, 1.54) is 0 Å². The van der Waals surface area contributed by atoms with Gasteiger partial charge in [0.2, 0.25) is 0 Å². The van der Waals surface area contributed by atoms with Crippen LogP contribution in [-0.4, -0.2) is 15.0 Å². The van der Waals surface area contributed by atoms with Gasteiger partial charge in [0.1, 0.15) is 10.2 Å². The Labute approximate surface area is 120 Å². The van der Waals surface area contributed by atoms with Gasteiger partial charge in [-0.25, -0.2) is 9.97 Å². The number of H-pyrrole nitrogens is 1. The molecule has 19 heavy (non-hydrogen) atoms. The maximum Gasteiger partial charge on any atom is 0.265 e. The van der Waals surface area contributed by atoms with Gasteiger partial charge in [-0.3, -0.25) is 4.79 Å². The maximum absolute atomic E-state index is 12.0. The van der Waals surface area contributed by atoms with Crippen LogP contribution < -0.4 is 5.56 Å². The van der Waals surface area contributed by atoms with Gasteiger partial charge >= 0.3 is 0 Å². The second kappa shape index (κ2) is 4.89. The summed E-state index contributed by atoms with van der Waals surface area (Å²) < 4.78 is 0.483. The van der Waals surface area contributed by atoms with E-state index in [1.54, 1.807) is 0 Å². The van der Waals surface area contributed by atoms with Crippen LogP contribution in [0, 0.1) is 6.92 Å². The Bertz CT molecular complexity index is 671. The van der Waals surface area contributed by atoms with Gasteiger partial charge in [0.05, 0.1) is 5.69 Å². The highest BCUT2D eigenvalue weighted by Gasteiger charge is 2.22. The fourth-order valence-corrected chi connectivity index (χ4v) is 2.53. The summed E-state index contributed by atoms with van der Waals surface area (Å²) >= 11 is 3.31. The predicted molar refractivity (Wildman–Crippen MR) is 79.2 cm³/mol. The van der Waals surface area contributed by atoms with Crippen molar-refractivity contribution in [2.75, 3.05) is 0 Å². The third-order valence-electron chi connectivity index (χ3n) is 2.70. The fraction of sp³-hybridized carbons (Fsp3) is 0.357. The Kier molecular flexibility index (Phi) is 3.58. The first-order chi connectivity index (χ1) is 8.79. The Balaban J connectivity index is 2.67. The zero-order chi connectivity index (χ0) is 14.2. The number of pyridine rings is 1. The smallest absolute Gasteiger partial charge is 0.265 e. The molecule has 2 heterocycles. The molecule has 0 aliphatic carbocycles. The maximum atomic E-state index is 12.0. The number of aromatic nitrogens is 3. The summed E-state index contributed by atoms with van der Waals surface area (Å²) in [6.07, 6.45) is 0. The molecule has 0 atom stereocenters. The summed E-state index contributed by atoms with van der Waals surface area (Å²) in [5.41, 5.74) is 1.90. The van der Waals surface area contributed by atoms with Gasteiger partial charge in [-0.2, -0.15) is 0 Å². The van der Waals surface area contributed by atoms with Crippen LogP contribution in [0.4, 0.5) is 0 Å². The molecule has 100 valence electrons. The Hall–Kier alpha value is -1.49. The summed E-state index contributed by atoms with van der Waals surface area (Å²) in [6.45, 7) is 7.97. The SMILES string of the molecule is Cc1cccc(-c2nc(C(C)(C)C)c(Br)c(=O)[nH]2)n1. The summed E-state index contributed by atoms with van der Waals surface area (Å²) in [5.74, 6) is 0.502. The van der Waals surface area contributed by atoms with Gasteiger partial charge < -0.3 is 4.98 Å². The lowest BCUT2D eigenvalue weighted by molar-refractivity contribution is 0.562. The van der Waals surface area contributed by atoms with E-state index in [-0.39, 0.29) is 11.0 Å². The number of hydrogen-bond donors (Lipinski definition) is 1. The summed E-state index contributed by atoms with van der Waals surface area (Å²) in [4.78, 5) is 23.7. The monoisotopic (exact) mass is 321 g/mol. The van der Waals surface area contributed by atoms with E-state index in [4.69, 9.17) is 0 Å². The molecule has 0 fully saturated rings. The molecule has 0 aromatic carbocycles. The van der Waals surface area contributed by atoms with Crippen LogP contribution in [0.2, 0.25) is 0 Å². The molecule has 0 spiro atoms. The molecule has 2 aromatic rings. The third-order valence-corrected chi connectivity index (χ3v) is 3.44. The highest BCUT2D eigenvalue weighted by Crippen LogP contribution is 2.26. The molecular weight excluding hydrogens is 306 g/mol. The average molecular weight is 322 g/mol. The fourth-order valence-electron chi connectivity index (χ4n) is 1.75. The van der Waals surface area contributed by atoms with Crippen LogP contribution in [0.5, 0.6) is 0 Å². The first-order valence-corrected chi connectivity index (χ1v) is 6.82. The van der Waals surface area contributed by atoms with Crippen LogP contribution in [0.15, 0.2) is 27.5 Å². The van der Waals surface area contributed by atoms with Gasteiger partial charge in [0.15, 0.2) is 5.82 Å². The standard InChI is InChI=1S/C14H16BrN3O/c1-8-6-5-7-9(16-8)12-17-11(14(2,3)4)10(15)13(19)18-12/h5-7H,1-4H3,(H,17,18,19).